The molecule has 2 rings (SSSR count). The summed E-state index contributed by atoms with van der Waals surface area (Å²) in [5.41, 5.74) is 0.275. The van der Waals surface area contributed by atoms with E-state index in [0.717, 1.165) is 6.04 Å². The molecule has 0 aromatic rings. The topological polar surface area (TPSA) is 12.5 Å². The average Bonchev–Trinajstić information content (AvgIpc) is 2.40. The van der Waals surface area contributed by atoms with Crippen LogP contribution in [0.2, 0.25) is 0 Å². The van der Waals surface area contributed by atoms with Crippen LogP contribution < -0.4 is 0 Å². The molecule has 2 fully saturated rings. The Labute approximate surface area is 68.5 Å². The molecule has 11 heavy (non-hydrogen) atoms. The summed E-state index contributed by atoms with van der Waals surface area (Å²) in [6.07, 6.45) is 5.11. The number of nitrogens with zero attached hydrogens (tertiary/aromatic N) is 1. The zero-order valence-corrected chi connectivity index (χ0v) is 7.47. The third-order valence-electron chi connectivity index (χ3n) is 3.52. The SMILES string of the molecule is COC12CCC(C1)N(C)CC2. The van der Waals surface area contributed by atoms with E-state index in [1.807, 2.05) is 7.11 Å². The zero-order chi connectivity index (χ0) is 7.90. The number of methoxy groups -OCH3 is 1. The highest BCUT2D eigenvalue weighted by atomic mass is 16.5. The smallest absolute Gasteiger partial charge is 0.0706 e. The number of piperidine rings is 1. The third-order valence-corrected chi connectivity index (χ3v) is 3.52. The first-order valence-electron chi connectivity index (χ1n) is 4.51. The van der Waals surface area contributed by atoms with Crippen molar-refractivity contribution in [1.82, 2.24) is 4.90 Å². The molecule has 2 atom stereocenters. The Morgan fingerprint density at radius 3 is 3.00 bits per heavy atom. The second-order valence-electron chi connectivity index (χ2n) is 4.01. The van der Waals surface area contributed by atoms with Crippen molar-refractivity contribution < 1.29 is 4.74 Å². The molecule has 1 saturated heterocycles. The van der Waals surface area contributed by atoms with E-state index >= 15 is 0 Å². The normalized spacial score (nSPS) is 44.7. The van der Waals surface area contributed by atoms with Gasteiger partial charge in [0, 0.05) is 19.7 Å². The minimum Gasteiger partial charge on any atom is -0.378 e. The lowest BCUT2D eigenvalue weighted by molar-refractivity contribution is -0.0390. The molecule has 0 aromatic heterocycles. The highest BCUT2D eigenvalue weighted by molar-refractivity contribution is 4.98. The Morgan fingerprint density at radius 1 is 1.45 bits per heavy atom. The van der Waals surface area contributed by atoms with Crippen LogP contribution in [0.15, 0.2) is 0 Å². The highest BCUT2D eigenvalue weighted by Gasteiger charge is 2.44. The van der Waals surface area contributed by atoms with Crippen LogP contribution in [0.5, 0.6) is 0 Å². The molecule has 1 saturated carbocycles. The number of fused-ring (bicyclic) bond motifs is 2. The van der Waals surface area contributed by atoms with Gasteiger partial charge in [0.2, 0.25) is 0 Å². The lowest BCUT2D eigenvalue weighted by atomic mass is 9.94. The van der Waals surface area contributed by atoms with E-state index in [1.165, 1.54) is 32.2 Å². The fourth-order valence-electron chi connectivity index (χ4n) is 2.52. The van der Waals surface area contributed by atoms with E-state index in [9.17, 15) is 0 Å². The van der Waals surface area contributed by atoms with E-state index in [-0.39, 0.29) is 5.60 Å². The minimum absolute atomic E-state index is 0.275. The summed E-state index contributed by atoms with van der Waals surface area (Å²) in [6.45, 7) is 1.22. The Hall–Kier alpha value is -0.0800. The summed E-state index contributed by atoms with van der Waals surface area (Å²) in [7, 11) is 4.10. The summed E-state index contributed by atoms with van der Waals surface area (Å²) >= 11 is 0. The fraction of sp³-hybridized carbons (Fsp3) is 1.00. The Kier molecular flexibility index (Phi) is 1.69. The van der Waals surface area contributed by atoms with Crippen molar-refractivity contribution in [2.75, 3.05) is 20.7 Å². The van der Waals surface area contributed by atoms with Crippen LogP contribution in [-0.2, 0) is 4.74 Å². The molecule has 0 aromatic carbocycles. The number of likely N-dealkylation sites (tertiary alicyclic amines) is 1. The standard InChI is InChI=1S/C9H17NO/c1-10-6-5-9(11-2)4-3-8(10)7-9/h8H,3-7H2,1-2H3. The summed E-state index contributed by atoms with van der Waals surface area (Å²) in [5.74, 6) is 0. The summed E-state index contributed by atoms with van der Waals surface area (Å²) in [6, 6.07) is 0.809. The van der Waals surface area contributed by atoms with Gasteiger partial charge in [0.05, 0.1) is 5.60 Å². The Morgan fingerprint density at radius 2 is 2.27 bits per heavy atom. The lowest BCUT2D eigenvalue weighted by Gasteiger charge is -2.36. The van der Waals surface area contributed by atoms with Gasteiger partial charge < -0.3 is 9.64 Å². The first-order valence-corrected chi connectivity index (χ1v) is 4.51. The molecule has 1 heterocycles. The van der Waals surface area contributed by atoms with Crippen LogP contribution in [0.1, 0.15) is 25.7 Å². The van der Waals surface area contributed by atoms with Crippen molar-refractivity contribution in [3.63, 3.8) is 0 Å². The molecular formula is C9H17NO. The lowest BCUT2D eigenvalue weighted by Crippen LogP contribution is -2.43. The predicted octanol–water partition coefficient (Wildman–Crippen LogP) is 1.26. The van der Waals surface area contributed by atoms with E-state index in [0.29, 0.717) is 0 Å². The van der Waals surface area contributed by atoms with E-state index in [1.54, 1.807) is 0 Å². The van der Waals surface area contributed by atoms with E-state index in [4.69, 9.17) is 4.74 Å². The average molecular weight is 155 g/mol. The van der Waals surface area contributed by atoms with Crippen LogP contribution in [0, 0.1) is 0 Å². The molecular weight excluding hydrogens is 138 g/mol. The van der Waals surface area contributed by atoms with Crippen LogP contribution in [-0.4, -0.2) is 37.2 Å². The molecule has 0 radical (unpaired) electrons. The number of rotatable bonds is 1. The van der Waals surface area contributed by atoms with Gasteiger partial charge in [-0.3, -0.25) is 0 Å². The highest BCUT2D eigenvalue weighted by Crippen LogP contribution is 2.41. The van der Waals surface area contributed by atoms with Crippen molar-refractivity contribution in [3.8, 4) is 0 Å². The van der Waals surface area contributed by atoms with Gasteiger partial charge >= 0.3 is 0 Å². The van der Waals surface area contributed by atoms with Gasteiger partial charge in [-0.25, -0.2) is 0 Å². The first-order chi connectivity index (χ1) is 5.26. The van der Waals surface area contributed by atoms with Gasteiger partial charge in [0.15, 0.2) is 0 Å². The van der Waals surface area contributed by atoms with Crippen molar-refractivity contribution in [3.05, 3.63) is 0 Å². The van der Waals surface area contributed by atoms with Crippen molar-refractivity contribution in [2.24, 2.45) is 0 Å². The second-order valence-corrected chi connectivity index (χ2v) is 4.01. The van der Waals surface area contributed by atoms with E-state index < -0.39 is 0 Å². The first kappa shape index (κ1) is 7.56. The number of hydrogen-bond acceptors (Lipinski definition) is 2. The predicted molar refractivity (Wildman–Crippen MR) is 44.6 cm³/mol. The van der Waals surface area contributed by atoms with Gasteiger partial charge in [-0.05, 0) is 32.7 Å². The van der Waals surface area contributed by atoms with Crippen LogP contribution >= 0.6 is 0 Å². The van der Waals surface area contributed by atoms with Crippen LogP contribution in [0.3, 0.4) is 0 Å². The van der Waals surface area contributed by atoms with Crippen LogP contribution in [0.4, 0.5) is 0 Å². The molecule has 1 aliphatic heterocycles. The molecule has 0 spiro atoms. The number of hydrogen-bond donors (Lipinski definition) is 0. The number of ether oxygens (including phenoxy) is 1. The quantitative estimate of drug-likeness (QED) is 0.565. The molecule has 2 heteroatoms. The van der Waals surface area contributed by atoms with Gasteiger partial charge in [0.25, 0.3) is 0 Å². The molecule has 2 nitrogen and oxygen atoms in total. The van der Waals surface area contributed by atoms with Gasteiger partial charge in [-0.1, -0.05) is 0 Å². The molecule has 2 bridgehead atoms. The molecule has 0 N–H and O–H groups in total. The van der Waals surface area contributed by atoms with Crippen molar-refractivity contribution in [1.29, 1.82) is 0 Å². The largest absolute Gasteiger partial charge is 0.378 e. The zero-order valence-electron chi connectivity index (χ0n) is 7.47. The molecule has 2 aliphatic rings. The summed E-state index contributed by atoms with van der Waals surface area (Å²) in [4.78, 5) is 2.48. The minimum atomic E-state index is 0.275. The second kappa shape index (κ2) is 2.46. The van der Waals surface area contributed by atoms with Gasteiger partial charge in [-0.15, -0.1) is 0 Å². The molecule has 0 amide bonds. The van der Waals surface area contributed by atoms with Crippen LogP contribution in [0.25, 0.3) is 0 Å². The monoisotopic (exact) mass is 155 g/mol. The summed E-state index contributed by atoms with van der Waals surface area (Å²) in [5, 5.41) is 0. The summed E-state index contributed by atoms with van der Waals surface area (Å²) < 4.78 is 5.59. The molecule has 1 aliphatic carbocycles. The fourth-order valence-corrected chi connectivity index (χ4v) is 2.52. The molecule has 2 unspecified atom stereocenters. The van der Waals surface area contributed by atoms with Crippen molar-refractivity contribution >= 4 is 0 Å². The Balaban J connectivity index is 2.10. The third kappa shape index (κ3) is 1.09. The molecule has 64 valence electrons. The maximum absolute atomic E-state index is 5.59. The Bertz CT molecular complexity index is 160. The van der Waals surface area contributed by atoms with Gasteiger partial charge in [0.1, 0.15) is 0 Å². The maximum Gasteiger partial charge on any atom is 0.0706 e. The van der Waals surface area contributed by atoms with E-state index in [2.05, 4.69) is 11.9 Å². The van der Waals surface area contributed by atoms with Gasteiger partial charge in [-0.2, -0.15) is 0 Å². The maximum atomic E-state index is 5.59. The van der Waals surface area contributed by atoms with Crippen molar-refractivity contribution in [2.45, 2.75) is 37.3 Å².